The minimum Gasteiger partial charge on any atom is -0.497 e. The number of nitrogens with one attached hydrogen (secondary N) is 2. The molecule has 1 amide bonds. The number of hydrazone groups is 1. The molecule has 0 heterocycles. The Balaban J connectivity index is 1.65. The van der Waals surface area contributed by atoms with Crippen LogP contribution in [0.1, 0.15) is 12.5 Å². The van der Waals surface area contributed by atoms with Crippen LogP contribution in [-0.4, -0.2) is 32.4 Å². The molecule has 6 heteroatoms. The van der Waals surface area contributed by atoms with Gasteiger partial charge < -0.3 is 14.8 Å². The molecule has 0 fully saturated rings. The van der Waals surface area contributed by atoms with Crippen molar-refractivity contribution in [3.8, 4) is 11.5 Å². The van der Waals surface area contributed by atoms with Crippen molar-refractivity contribution in [3.63, 3.8) is 0 Å². The van der Waals surface area contributed by atoms with E-state index in [4.69, 9.17) is 9.47 Å². The molecule has 1 unspecified atom stereocenters. The molecular weight excluding hydrogens is 354 g/mol. The van der Waals surface area contributed by atoms with Gasteiger partial charge in [-0.1, -0.05) is 36.4 Å². The van der Waals surface area contributed by atoms with Gasteiger partial charge >= 0.3 is 0 Å². The molecule has 0 aliphatic heterocycles. The number of carbonyl (C=O) groups is 1. The van der Waals surface area contributed by atoms with Crippen molar-refractivity contribution in [1.29, 1.82) is 0 Å². The van der Waals surface area contributed by atoms with Crippen molar-refractivity contribution in [2.24, 2.45) is 5.10 Å². The second-order valence-corrected chi connectivity index (χ2v) is 6.23. The largest absolute Gasteiger partial charge is 0.497 e. The van der Waals surface area contributed by atoms with Crippen LogP contribution in [0.25, 0.3) is 10.8 Å². The van der Waals surface area contributed by atoms with Crippen LogP contribution in [0.5, 0.6) is 11.5 Å². The zero-order valence-electron chi connectivity index (χ0n) is 16.1. The average molecular weight is 377 g/mol. The first kappa shape index (κ1) is 19.2. The lowest BCUT2D eigenvalue weighted by Crippen LogP contribution is -2.34. The Kier molecular flexibility index (Phi) is 6.11. The number of benzene rings is 3. The smallest absolute Gasteiger partial charge is 0.262 e. The highest BCUT2D eigenvalue weighted by Crippen LogP contribution is 2.24. The monoisotopic (exact) mass is 377 g/mol. The van der Waals surface area contributed by atoms with Crippen LogP contribution in [0, 0.1) is 0 Å². The number of rotatable bonds is 7. The van der Waals surface area contributed by atoms with Crippen LogP contribution in [0.15, 0.2) is 65.8 Å². The summed E-state index contributed by atoms with van der Waals surface area (Å²) >= 11 is 0. The van der Waals surface area contributed by atoms with Gasteiger partial charge in [-0.3, -0.25) is 4.79 Å². The summed E-state index contributed by atoms with van der Waals surface area (Å²) in [4.78, 5) is 12.4. The normalized spacial score (nSPS) is 12.0. The summed E-state index contributed by atoms with van der Waals surface area (Å²) in [5, 5.41) is 9.47. The highest BCUT2D eigenvalue weighted by Gasteiger charge is 2.13. The standard InChI is InChI=1S/C22H23N3O3/c1-15(24-20-10-6-8-16-7-4-5-9-19(16)20)22(26)25-23-14-17-11-12-18(27-2)13-21(17)28-3/h4-15,24H,1-3H3,(H,25,26)/b23-14+. The van der Waals surface area contributed by atoms with E-state index in [1.807, 2.05) is 48.5 Å². The maximum Gasteiger partial charge on any atom is 0.262 e. The maximum absolute atomic E-state index is 12.4. The Morgan fingerprint density at radius 2 is 1.82 bits per heavy atom. The van der Waals surface area contributed by atoms with E-state index >= 15 is 0 Å². The molecule has 0 aliphatic carbocycles. The van der Waals surface area contributed by atoms with E-state index in [-0.39, 0.29) is 5.91 Å². The highest BCUT2D eigenvalue weighted by atomic mass is 16.5. The van der Waals surface area contributed by atoms with Gasteiger partial charge in [0.15, 0.2) is 0 Å². The summed E-state index contributed by atoms with van der Waals surface area (Å²) in [7, 11) is 3.16. The molecule has 0 bridgehead atoms. The Bertz CT molecular complexity index is 996. The fraction of sp³-hybridized carbons (Fsp3) is 0.182. The second kappa shape index (κ2) is 8.90. The van der Waals surface area contributed by atoms with Gasteiger partial charge in [0.1, 0.15) is 17.5 Å². The molecule has 1 atom stereocenters. The summed E-state index contributed by atoms with van der Waals surface area (Å²) in [6.45, 7) is 1.79. The summed E-state index contributed by atoms with van der Waals surface area (Å²) in [6.07, 6.45) is 1.54. The lowest BCUT2D eigenvalue weighted by Gasteiger charge is -2.15. The minimum atomic E-state index is -0.458. The van der Waals surface area contributed by atoms with Crippen molar-refractivity contribution < 1.29 is 14.3 Å². The molecule has 3 rings (SSSR count). The Morgan fingerprint density at radius 1 is 1.04 bits per heavy atom. The Morgan fingerprint density at radius 3 is 2.61 bits per heavy atom. The highest BCUT2D eigenvalue weighted by molar-refractivity contribution is 5.96. The van der Waals surface area contributed by atoms with Gasteiger partial charge in [0, 0.05) is 22.7 Å². The lowest BCUT2D eigenvalue weighted by atomic mass is 10.1. The molecule has 3 aromatic carbocycles. The fourth-order valence-corrected chi connectivity index (χ4v) is 2.84. The SMILES string of the molecule is COc1ccc(/C=N/NC(=O)C(C)Nc2cccc3ccccc23)c(OC)c1. The predicted molar refractivity (Wildman–Crippen MR) is 112 cm³/mol. The fourth-order valence-electron chi connectivity index (χ4n) is 2.84. The summed E-state index contributed by atoms with van der Waals surface area (Å²) < 4.78 is 10.5. The molecule has 0 aromatic heterocycles. The molecule has 28 heavy (non-hydrogen) atoms. The Hall–Kier alpha value is -3.54. The van der Waals surface area contributed by atoms with Crippen molar-refractivity contribution in [2.75, 3.05) is 19.5 Å². The first-order valence-electron chi connectivity index (χ1n) is 8.91. The zero-order valence-corrected chi connectivity index (χ0v) is 16.1. The number of nitrogens with zero attached hydrogens (tertiary/aromatic N) is 1. The van der Waals surface area contributed by atoms with Crippen LogP contribution in [0.2, 0.25) is 0 Å². The van der Waals surface area contributed by atoms with Crippen molar-refractivity contribution >= 4 is 28.6 Å². The molecule has 144 valence electrons. The number of carbonyl (C=O) groups excluding carboxylic acids is 1. The first-order valence-corrected chi connectivity index (χ1v) is 8.91. The van der Waals surface area contributed by atoms with Gasteiger partial charge in [0.2, 0.25) is 0 Å². The van der Waals surface area contributed by atoms with Crippen LogP contribution in [0.3, 0.4) is 0 Å². The van der Waals surface area contributed by atoms with E-state index in [0.29, 0.717) is 11.5 Å². The molecule has 0 radical (unpaired) electrons. The zero-order chi connectivity index (χ0) is 19.9. The first-order chi connectivity index (χ1) is 13.6. The van der Waals surface area contributed by atoms with E-state index in [1.165, 1.54) is 0 Å². The van der Waals surface area contributed by atoms with Gasteiger partial charge in [-0.05, 0) is 30.5 Å². The van der Waals surface area contributed by atoms with Crippen molar-refractivity contribution in [1.82, 2.24) is 5.43 Å². The summed E-state index contributed by atoms with van der Waals surface area (Å²) in [5.41, 5.74) is 4.20. The Labute approximate surface area is 164 Å². The van der Waals surface area contributed by atoms with Gasteiger partial charge in [-0.25, -0.2) is 5.43 Å². The van der Waals surface area contributed by atoms with Crippen molar-refractivity contribution in [3.05, 3.63) is 66.2 Å². The lowest BCUT2D eigenvalue weighted by molar-refractivity contribution is -0.121. The number of hydrogen-bond acceptors (Lipinski definition) is 5. The third-order valence-electron chi connectivity index (χ3n) is 4.37. The van der Waals surface area contributed by atoms with Gasteiger partial charge in [0.25, 0.3) is 5.91 Å². The van der Waals surface area contributed by atoms with E-state index in [1.54, 1.807) is 39.5 Å². The van der Waals surface area contributed by atoms with E-state index < -0.39 is 6.04 Å². The molecule has 0 spiro atoms. The van der Waals surface area contributed by atoms with Crippen LogP contribution in [0.4, 0.5) is 5.69 Å². The van der Waals surface area contributed by atoms with Gasteiger partial charge in [-0.2, -0.15) is 5.10 Å². The topological polar surface area (TPSA) is 72.0 Å². The number of amides is 1. The number of hydrogen-bond donors (Lipinski definition) is 2. The predicted octanol–water partition coefficient (Wildman–Crippen LogP) is 3.81. The molecule has 0 saturated heterocycles. The van der Waals surface area contributed by atoms with Crippen LogP contribution in [-0.2, 0) is 4.79 Å². The average Bonchev–Trinajstić information content (AvgIpc) is 2.74. The minimum absolute atomic E-state index is 0.239. The number of ether oxygens (including phenoxy) is 2. The molecule has 2 N–H and O–H groups in total. The molecule has 0 aliphatic rings. The summed E-state index contributed by atoms with van der Waals surface area (Å²) in [5.74, 6) is 1.06. The molecule has 3 aromatic rings. The molecule has 6 nitrogen and oxygen atoms in total. The van der Waals surface area contributed by atoms with Crippen LogP contribution >= 0.6 is 0 Å². The van der Waals surface area contributed by atoms with E-state index in [0.717, 1.165) is 22.0 Å². The number of anilines is 1. The van der Waals surface area contributed by atoms with E-state index in [9.17, 15) is 4.79 Å². The maximum atomic E-state index is 12.4. The third-order valence-corrected chi connectivity index (χ3v) is 4.37. The van der Waals surface area contributed by atoms with E-state index in [2.05, 4.69) is 15.8 Å². The molecule has 0 saturated carbocycles. The number of fused-ring (bicyclic) bond motifs is 1. The van der Waals surface area contributed by atoms with Gasteiger partial charge in [0.05, 0.1) is 20.4 Å². The molecular formula is C22H23N3O3. The number of methoxy groups -OCH3 is 2. The van der Waals surface area contributed by atoms with Gasteiger partial charge in [-0.15, -0.1) is 0 Å². The van der Waals surface area contributed by atoms with Crippen LogP contribution < -0.4 is 20.2 Å². The summed E-state index contributed by atoms with van der Waals surface area (Å²) in [6, 6.07) is 18.9. The third kappa shape index (κ3) is 4.40. The van der Waals surface area contributed by atoms with Crippen molar-refractivity contribution in [2.45, 2.75) is 13.0 Å². The second-order valence-electron chi connectivity index (χ2n) is 6.23. The quantitative estimate of drug-likeness (QED) is 0.485.